The standard InChI is InChI=1S/C15H26O4/c1-3-4-5-8-11-15(13(16)17,14(18)19-2)12-9-6-7-10-12/h12H,3-11H2,1-2H3,(H,16,17). The maximum atomic E-state index is 12.1. The molecular weight excluding hydrogens is 244 g/mol. The summed E-state index contributed by atoms with van der Waals surface area (Å²) in [5.74, 6) is -1.61. The number of methoxy groups -OCH3 is 1. The van der Waals surface area contributed by atoms with Crippen molar-refractivity contribution in [3.63, 3.8) is 0 Å². The molecule has 1 aliphatic carbocycles. The summed E-state index contributed by atoms with van der Waals surface area (Å²) in [6.45, 7) is 2.11. The van der Waals surface area contributed by atoms with Gasteiger partial charge in [-0.25, -0.2) is 0 Å². The highest BCUT2D eigenvalue weighted by atomic mass is 16.5. The van der Waals surface area contributed by atoms with Crippen molar-refractivity contribution in [1.29, 1.82) is 0 Å². The Kier molecular flexibility index (Phi) is 6.32. The molecule has 4 heteroatoms. The van der Waals surface area contributed by atoms with Crippen LogP contribution in [0.15, 0.2) is 0 Å². The topological polar surface area (TPSA) is 63.6 Å². The van der Waals surface area contributed by atoms with Gasteiger partial charge in [-0.05, 0) is 25.2 Å². The van der Waals surface area contributed by atoms with Gasteiger partial charge in [0, 0.05) is 0 Å². The Balaban J connectivity index is 2.84. The molecule has 1 saturated carbocycles. The van der Waals surface area contributed by atoms with Crippen molar-refractivity contribution >= 4 is 11.9 Å². The van der Waals surface area contributed by atoms with Crippen molar-refractivity contribution < 1.29 is 19.4 Å². The van der Waals surface area contributed by atoms with Crippen LogP contribution in [0.2, 0.25) is 0 Å². The predicted molar refractivity (Wildman–Crippen MR) is 72.8 cm³/mol. The minimum Gasteiger partial charge on any atom is -0.480 e. The second kappa shape index (κ2) is 7.51. The molecule has 0 radical (unpaired) electrons. The Bertz CT molecular complexity index is 307. The number of carbonyl (C=O) groups excluding carboxylic acids is 1. The molecule has 0 heterocycles. The molecule has 1 aliphatic rings. The molecule has 0 saturated heterocycles. The molecule has 0 aromatic heterocycles. The van der Waals surface area contributed by atoms with Gasteiger partial charge in [-0.15, -0.1) is 0 Å². The molecule has 0 aromatic carbocycles. The third-order valence-electron chi connectivity index (χ3n) is 4.41. The van der Waals surface area contributed by atoms with E-state index in [1.54, 1.807) is 0 Å². The molecule has 19 heavy (non-hydrogen) atoms. The zero-order valence-corrected chi connectivity index (χ0v) is 12.1. The highest BCUT2D eigenvalue weighted by Crippen LogP contribution is 2.44. The van der Waals surface area contributed by atoms with Gasteiger partial charge in [0.15, 0.2) is 5.41 Å². The summed E-state index contributed by atoms with van der Waals surface area (Å²) < 4.78 is 4.83. The quantitative estimate of drug-likeness (QED) is 0.417. The number of carboxylic acid groups (broad SMARTS) is 1. The van der Waals surface area contributed by atoms with E-state index in [2.05, 4.69) is 6.92 Å². The number of rotatable bonds is 8. The molecule has 1 rings (SSSR count). The number of ether oxygens (including phenoxy) is 1. The van der Waals surface area contributed by atoms with Gasteiger partial charge >= 0.3 is 11.9 Å². The van der Waals surface area contributed by atoms with Gasteiger partial charge in [0.1, 0.15) is 0 Å². The van der Waals surface area contributed by atoms with Gasteiger partial charge in [0.2, 0.25) is 0 Å². The number of unbranched alkanes of at least 4 members (excludes halogenated alkanes) is 3. The first-order valence-corrected chi connectivity index (χ1v) is 7.41. The van der Waals surface area contributed by atoms with Gasteiger partial charge in [-0.2, -0.15) is 0 Å². The number of hydrogen-bond donors (Lipinski definition) is 1. The fourth-order valence-electron chi connectivity index (χ4n) is 3.27. The summed E-state index contributed by atoms with van der Waals surface area (Å²) in [4.78, 5) is 23.9. The van der Waals surface area contributed by atoms with Crippen LogP contribution < -0.4 is 0 Å². The summed E-state index contributed by atoms with van der Waals surface area (Å²) in [7, 11) is 1.29. The van der Waals surface area contributed by atoms with Crippen LogP contribution in [0, 0.1) is 11.3 Å². The molecule has 1 N–H and O–H groups in total. The molecule has 0 spiro atoms. The van der Waals surface area contributed by atoms with Gasteiger partial charge in [0.05, 0.1) is 7.11 Å². The lowest BCUT2D eigenvalue weighted by Crippen LogP contribution is -2.45. The molecule has 0 aliphatic heterocycles. The van der Waals surface area contributed by atoms with Crippen LogP contribution in [0.3, 0.4) is 0 Å². The number of hydrogen-bond acceptors (Lipinski definition) is 3. The van der Waals surface area contributed by atoms with E-state index in [0.717, 1.165) is 51.4 Å². The molecule has 0 amide bonds. The molecule has 4 nitrogen and oxygen atoms in total. The lowest BCUT2D eigenvalue weighted by atomic mass is 9.70. The van der Waals surface area contributed by atoms with Crippen LogP contribution in [0.5, 0.6) is 0 Å². The predicted octanol–water partition coefficient (Wildman–Crippen LogP) is 3.39. The van der Waals surface area contributed by atoms with Crippen LogP contribution in [0.1, 0.15) is 64.7 Å². The molecule has 0 aromatic rings. The van der Waals surface area contributed by atoms with Crippen molar-refractivity contribution in [3.05, 3.63) is 0 Å². The fraction of sp³-hybridized carbons (Fsp3) is 0.867. The molecular formula is C15H26O4. The van der Waals surface area contributed by atoms with Crippen molar-refractivity contribution in [2.45, 2.75) is 64.7 Å². The Morgan fingerprint density at radius 2 is 1.84 bits per heavy atom. The Hall–Kier alpha value is -1.06. The zero-order chi connectivity index (χ0) is 14.3. The van der Waals surface area contributed by atoms with Crippen molar-refractivity contribution in [3.8, 4) is 0 Å². The number of carbonyl (C=O) groups is 2. The Labute approximate surface area is 115 Å². The monoisotopic (exact) mass is 270 g/mol. The Morgan fingerprint density at radius 3 is 2.32 bits per heavy atom. The van der Waals surface area contributed by atoms with E-state index in [-0.39, 0.29) is 5.92 Å². The number of esters is 1. The van der Waals surface area contributed by atoms with Crippen LogP contribution >= 0.6 is 0 Å². The smallest absolute Gasteiger partial charge is 0.323 e. The van der Waals surface area contributed by atoms with Gasteiger partial charge in [-0.3, -0.25) is 9.59 Å². The van der Waals surface area contributed by atoms with E-state index in [0.29, 0.717) is 6.42 Å². The fourth-order valence-corrected chi connectivity index (χ4v) is 3.27. The third kappa shape index (κ3) is 3.48. The van der Waals surface area contributed by atoms with E-state index in [9.17, 15) is 14.7 Å². The normalized spacial score (nSPS) is 19.1. The van der Waals surface area contributed by atoms with E-state index in [1.807, 2.05) is 0 Å². The minimum absolute atomic E-state index is 0.0564. The van der Waals surface area contributed by atoms with Crippen molar-refractivity contribution in [2.24, 2.45) is 11.3 Å². The highest BCUT2D eigenvalue weighted by Gasteiger charge is 2.53. The summed E-state index contributed by atoms with van der Waals surface area (Å²) in [6.07, 6.45) is 8.06. The van der Waals surface area contributed by atoms with E-state index in [4.69, 9.17) is 4.74 Å². The first-order valence-electron chi connectivity index (χ1n) is 7.41. The molecule has 0 bridgehead atoms. The summed E-state index contributed by atoms with van der Waals surface area (Å²) >= 11 is 0. The van der Waals surface area contributed by atoms with Crippen molar-refractivity contribution in [1.82, 2.24) is 0 Å². The first kappa shape index (κ1) is 16.0. The average molecular weight is 270 g/mol. The summed E-state index contributed by atoms with van der Waals surface area (Å²) in [6, 6.07) is 0. The molecule has 1 fully saturated rings. The van der Waals surface area contributed by atoms with Crippen LogP contribution in [-0.4, -0.2) is 24.2 Å². The second-order valence-corrected chi connectivity index (χ2v) is 5.56. The van der Waals surface area contributed by atoms with Gasteiger partial charge in [0.25, 0.3) is 0 Å². The average Bonchev–Trinajstić information content (AvgIpc) is 2.92. The maximum Gasteiger partial charge on any atom is 0.323 e. The summed E-state index contributed by atoms with van der Waals surface area (Å²) in [5.41, 5.74) is -1.31. The van der Waals surface area contributed by atoms with Gasteiger partial charge < -0.3 is 9.84 Å². The Morgan fingerprint density at radius 1 is 1.21 bits per heavy atom. The van der Waals surface area contributed by atoms with Crippen molar-refractivity contribution in [2.75, 3.05) is 7.11 Å². The highest BCUT2D eigenvalue weighted by molar-refractivity contribution is 5.99. The molecule has 110 valence electrons. The summed E-state index contributed by atoms with van der Waals surface area (Å²) in [5, 5.41) is 9.64. The van der Waals surface area contributed by atoms with Crippen LogP contribution in [0.4, 0.5) is 0 Å². The van der Waals surface area contributed by atoms with E-state index < -0.39 is 17.4 Å². The van der Waals surface area contributed by atoms with Gasteiger partial charge in [-0.1, -0.05) is 45.4 Å². The molecule has 1 unspecified atom stereocenters. The number of aliphatic carboxylic acids is 1. The number of carboxylic acids is 1. The lowest BCUT2D eigenvalue weighted by Gasteiger charge is -2.32. The first-order chi connectivity index (χ1) is 9.09. The second-order valence-electron chi connectivity index (χ2n) is 5.56. The zero-order valence-electron chi connectivity index (χ0n) is 12.1. The van der Waals surface area contributed by atoms with Crippen LogP contribution in [0.25, 0.3) is 0 Å². The SMILES string of the molecule is CCCCCCC(C(=O)O)(C(=O)OC)C1CCCC1. The largest absolute Gasteiger partial charge is 0.480 e. The molecule has 1 atom stereocenters. The maximum absolute atomic E-state index is 12.1. The van der Waals surface area contributed by atoms with Crippen LogP contribution in [-0.2, 0) is 14.3 Å². The minimum atomic E-state index is -1.31. The lowest BCUT2D eigenvalue weighted by molar-refractivity contribution is -0.172. The van der Waals surface area contributed by atoms with E-state index in [1.165, 1.54) is 7.11 Å². The third-order valence-corrected chi connectivity index (χ3v) is 4.41. The van der Waals surface area contributed by atoms with E-state index >= 15 is 0 Å².